The molecule has 2 heterocycles. The average molecular weight is 485 g/mol. The van der Waals surface area contributed by atoms with Crippen molar-refractivity contribution in [1.29, 1.82) is 0 Å². The van der Waals surface area contributed by atoms with Crippen LogP contribution in [0, 0.1) is 0 Å². The van der Waals surface area contributed by atoms with Crippen LogP contribution >= 0.6 is 11.8 Å². The second-order valence-corrected chi connectivity index (χ2v) is 11.4. The van der Waals surface area contributed by atoms with Crippen molar-refractivity contribution in [2.45, 2.75) is 47.4 Å². The van der Waals surface area contributed by atoms with Gasteiger partial charge < -0.3 is 4.90 Å². The monoisotopic (exact) mass is 484 g/mol. The van der Waals surface area contributed by atoms with Gasteiger partial charge in [-0.1, -0.05) is 13.0 Å². The van der Waals surface area contributed by atoms with Crippen molar-refractivity contribution < 1.29 is 26.4 Å². The topological polar surface area (TPSA) is 57.7 Å². The molecule has 1 saturated heterocycles. The van der Waals surface area contributed by atoms with Crippen molar-refractivity contribution in [3.8, 4) is 0 Å². The highest BCUT2D eigenvalue weighted by molar-refractivity contribution is 8.00. The van der Waals surface area contributed by atoms with Gasteiger partial charge in [0.05, 0.1) is 16.1 Å². The molecular formula is C22H23F3N2O3S2. The zero-order valence-corrected chi connectivity index (χ0v) is 19.1. The van der Waals surface area contributed by atoms with Crippen molar-refractivity contribution in [2.75, 3.05) is 24.5 Å². The predicted molar refractivity (Wildman–Crippen MR) is 117 cm³/mol. The molecule has 0 aromatic heterocycles. The van der Waals surface area contributed by atoms with Crippen LogP contribution in [0.15, 0.2) is 52.3 Å². The molecule has 0 radical (unpaired) electrons. The second-order valence-electron chi connectivity index (χ2n) is 7.99. The molecule has 0 spiro atoms. The van der Waals surface area contributed by atoms with Gasteiger partial charge >= 0.3 is 6.18 Å². The second kappa shape index (κ2) is 8.72. The molecule has 4 rings (SSSR count). The third-order valence-corrected chi connectivity index (χ3v) is 8.83. The molecule has 1 atom stereocenters. The van der Waals surface area contributed by atoms with Crippen molar-refractivity contribution in [1.82, 2.24) is 4.31 Å². The summed E-state index contributed by atoms with van der Waals surface area (Å²) in [5, 5.41) is 0.116. The first kappa shape index (κ1) is 23.1. The molecule has 32 heavy (non-hydrogen) atoms. The van der Waals surface area contributed by atoms with E-state index in [1.165, 1.54) is 51.3 Å². The van der Waals surface area contributed by atoms with Crippen LogP contribution in [0.4, 0.5) is 18.9 Å². The van der Waals surface area contributed by atoms with E-state index in [-0.39, 0.29) is 27.9 Å². The number of anilines is 1. The lowest BCUT2D eigenvalue weighted by Gasteiger charge is -2.24. The first-order valence-electron chi connectivity index (χ1n) is 10.4. The number of hydrogen-bond acceptors (Lipinski definition) is 4. The lowest BCUT2D eigenvalue weighted by atomic mass is 10.1. The first-order valence-corrected chi connectivity index (χ1v) is 12.7. The van der Waals surface area contributed by atoms with Gasteiger partial charge in [-0.3, -0.25) is 4.79 Å². The number of sulfonamides is 1. The van der Waals surface area contributed by atoms with Crippen molar-refractivity contribution in [3.63, 3.8) is 0 Å². The van der Waals surface area contributed by atoms with Crippen LogP contribution in [-0.4, -0.2) is 43.5 Å². The Hall–Kier alpha value is -2.04. The maximum atomic E-state index is 13.4. The molecule has 2 aliphatic heterocycles. The van der Waals surface area contributed by atoms with Gasteiger partial charge in [-0.15, -0.1) is 11.8 Å². The Morgan fingerprint density at radius 1 is 1.06 bits per heavy atom. The summed E-state index contributed by atoms with van der Waals surface area (Å²) in [6.07, 6.45) is -2.35. The maximum absolute atomic E-state index is 13.4. The number of benzene rings is 2. The van der Waals surface area contributed by atoms with Crippen LogP contribution in [0.25, 0.3) is 0 Å². The number of hydrogen-bond donors (Lipinski definition) is 0. The fraction of sp³-hybridized carbons (Fsp3) is 0.409. The summed E-state index contributed by atoms with van der Waals surface area (Å²) in [4.78, 5) is 15.4. The Balaban J connectivity index is 1.72. The van der Waals surface area contributed by atoms with Crippen LogP contribution in [0.2, 0.25) is 0 Å². The first-order chi connectivity index (χ1) is 15.1. The van der Waals surface area contributed by atoms with E-state index in [2.05, 4.69) is 0 Å². The van der Waals surface area contributed by atoms with E-state index in [1.807, 2.05) is 6.92 Å². The number of alkyl halides is 3. The Morgan fingerprint density at radius 2 is 1.78 bits per heavy atom. The summed E-state index contributed by atoms with van der Waals surface area (Å²) in [6.45, 7) is 3.08. The standard InChI is InChI=1S/C22H23F3N2O3S2/c1-15-9-12-27(19-14-17(22(23,24)25)7-8-20(19)31-15)21(28)16-5-4-6-18(13-16)32(29,30)26-10-2-3-11-26/h4-8,13-15H,2-3,9-12H2,1H3. The third-order valence-electron chi connectivity index (χ3n) is 5.69. The lowest BCUT2D eigenvalue weighted by Crippen LogP contribution is -2.33. The predicted octanol–water partition coefficient (Wildman–Crippen LogP) is 5.02. The highest BCUT2D eigenvalue weighted by Crippen LogP contribution is 2.41. The summed E-state index contributed by atoms with van der Waals surface area (Å²) >= 11 is 1.43. The molecule has 172 valence electrons. The summed E-state index contributed by atoms with van der Waals surface area (Å²) in [7, 11) is -3.72. The summed E-state index contributed by atoms with van der Waals surface area (Å²) in [5.41, 5.74) is -0.491. The fourth-order valence-corrected chi connectivity index (χ4v) is 6.60. The molecule has 1 amide bonds. The number of carbonyl (C=O) groups is 1. The molecule has 1 unspecified atom stereocenters. The van der Waals surface area contributed by atoms with E-state index in [1.54, 1.807) is 0 Å². The number of fused-ring (bicyclic) bond motifs is 1. The molecule has 0 aliphatic carbocycles. The van der Waals surface area contributed by atoms with Gasteiger partial charge in [0.15, 0.2) is 0 Å². The lowest BCUT2D eigenvalue weighted by molar-refractivity contribution is -0.137. The normalized spacial score (nSPS) is 20.1. The minimum Gasteiger partial charge on any atom is -0.307 e. The number of rotatable bonds is 3. The molecule has 2 aromatic carbocycles. The zero-order valence-electron chi connectivity index (χ0n) is 17.4. The van der Waals surface area contributed by atoms with Crippen LogP contribution in [-0.2, 0) is 16.2 Å². The summed E-state index contributed by atoms with van der Waals surface area (Å²) in [6, 6.07) is 9.20. The molecule has 10 heteroatoms. The minimum atomic E-state index is -4.53. The Labute approximate surface area is 189 Å². The molecular weight excluding hydrogens is 461 g/mol. The minimum absolute atomic E-state index is 0.0204. The van der Waals surface area contributed by atoms with E-state index in [4.69, 9.17) is 0 Å². The highest BCUT2D eigenvalue weighted by Gasteiger charge is 2.34. The number of nitrogens with zero attached hydrogens (tertiary/aromatic N) is 2. The van der Waals surface area contributed by atoms with Crippen LogP contribution in [0.3, 0.4) is 0 Å². The average Bonchev–Trinajstić information content (AvgIpc) is 3.24. The molecule has 2 aliphatic rings. The van der Waals surface area contributed by atoms with Gasteiger partial charge in [0.2, 0.25) is 10.0 Å². The van der Waals surface area contributed by atoms with Crippen LogP contribution < -0.4 is 4.90 Å². The molecule has 5 nitrogen and oxygen atoms in total. The molecule has 0 saturated carbocycles. The molecule has 2 aromatic rings. The number of halogens is 3. The van der Waals surface area contributed by atoms with Crippen molar-refractivity contribution in [3.05, 3.63) is 53.6 Å². The Morgan fingerprint density at radius 3 is 2.47 bits per heavy atom. The van der Waals surface area contributed by atoms with E-state index in [9.17, 15) is 26.4 Å². The van der Waals surface area contributed by atoms with Crippen LogP contribution in [0.1, 0.15) is 42.1 Å². The largest absolute Gasteiger partial charge is 0.416 e. The van der Waals surface area contributed by atoms with Crippen LogP contribution in [0.5, 0.6) is 0 Å². The van der Waals surface area contributed by atoms with Gasteiger partial charge in [0.25, 0.3) is 5.91 Å². The fourth-order valence-electron chi connectivity index (χ4n) is 3.95. The van der Waals surface area contributed by atoms with Gasteiger partial charge in [-0.2, -0.15) is 17.5 Å². The molecule has 0 N–H and O–H groups in total. The van der Waals surface area contributed by atoms with Crippen molar-refractivity contribution in [2.24, 2.45) is 0 Å². The third kappa shape index (κ3) is 4.53. The van der Waals surface area contributed by atoms with Gasteiger partial charge in [0, 0.05) is 35.3 Å². The van der Waals surface area contributed by atoms with Gasteiger partial charge in [-0.05, 0) is 55.7 Å². The van der Waals surface area contributed by atoms with E-state index < -0.39 is 27.7 Å². The summed E-state index contributed by atoms with van der Waals surface area (Å²) < 4.78 is 67.2. The summed E-state index contributed by atoms with van der Waals surface area (Å²) in [5.74, 6) is -0.515. The molecule has 1 fully saturated rings. The number of amides is 1. The number of thioether (sulfide) groups is 1. The van der Waals surface area contributed by atoms with E-state index in [0.717, 1.165) is 25.0 Å². The Kier molecular flexibility index (Phi) is 6.30. The van der Waals surface area contributed by atoms with Gasteiger partial charge in [-0.25, -0.2) is 8.42 Å². The maximum Gasteiger partial charge on any atom is 0.416 e. The SMILES string of the molecule is CC1CCN(C(=O)c2cccc(S(=O)(=O)N3CCCC3)c2)c2cc(C(F)(F)F)ccc2S1. The highest BCUT2D eigenvalue weighted by atomic mass is 32.2. The smallest absolute Gasteiger partial charge is 0.307 e. The zero-order chi connectivity index (χ0) is 23.1. The number of carbonyl (C=O) groups excluding carboxylic acids is 1. The quantitative estimate of drug-likeness (QED) is 0.614. The van der Waals surface area contributed by atoms with Gasteiger partial charge in [0.1, 0.15) is 0 Å². The van der Waals surface area contributed by atoms with E-state index >= 15 is 0 Å². The Bertz CT molecular complexity index is 1130. The van der Waals surface area contributed by atoms with E-state index in [0.29, 0.717) is 24.4 Å². The van der Waals surface area contributed by atoms with Crippen molar-refractivity contribution >= 4 is 33.4 Å². The molecule has 0 bridgehead atoms.